The van der Waals surface area contributed by atoms with E-state index in [9.17, 15) is 4.79 Å². The summed E-state index contributed by atoms with van der Waals surface area (Å²) in [6.45, 7) is 8.09. The van der Waals surface area contributed by atoms with Gasteiger partial charge in [-0.25, -0.2) is 0 Å². The molecule has 0 aromatic carbocycles. The van der Waals surface area contributed by atoms with Crippen molar-refractivity contribution in [3.8, 4) is 0 Å². The molecule has 1 saturated heterocycles. The number of likely N-dealkylation sites (N-methyl/N-ethyl adjacent to an activating group) is 1. The first-order valence-electron chi connectivity index (χ1n) is 5.92. The van der Waals surface area contributed by atoms with Crippen LogP contribution in [-0.4, -0.2) is 36.5 Å². The monoisotopic (exact) mass is 210 g/mol. The van der Waals surface area contributed by atoms with Gasteiger partial charge < -0.3 is 10.2 Å². The van der Waals surface area contributed by atoms with Crippen LogP contribution in [0.25, 0.3) is 0 Å². The molecule has 3 heteroatoms. The van der Waals surface area contributed by atoms with E-state index in [2.05, 4.69) is 11.9 Å². The lowest BCUT2D eigenvalue weighted by atomic mass is 10.1. The second-order valence-corrected chi connectivity index (χ2v) is 4.02. The van der Waals surface area contributed by atoms with Crippen molar-refractivity contribution in [3.05, 3.63) is 12.7 Å². The molecule has 0 aromatic heterocycles. The highest BCUT2D eigenvalue weighted by atomic mass is 16.2. The average molecular weight is 210 g/mol. The molecule has 1 amide bonds. The molecule has 0 aliphatic carbocycles. The smallest absolute Gasteiger partial charge is 0.239 e. The quantitative estimate of drug-likeness (QED) is 0.714. The van der Waals surface area contributed by atoms with Crippen molar-refractivity contribution in [1.82, 2.24) is 10.2 Å². The Morgan fingerprint density at radius 3 is 3.00 bits per heavy atom. The van der Waals surface area contributed by atoms with E-state index in [1.54, 1.807) is 6.08 Å². The summed E-state index contributed by atoms with van der Waals surface area (Å²) in [6.07, 6.45) is 6.36. The predicted octanol–water partition coefficient (Wildman–Crippen LogP) is 1.55. The second kappa shape index (κ2) is 6.62. The fourth-order valence-corrected chi connectivity index (χ4v) is 1.99. The van der Waals surface area contributed by atoms with Gasteiger partial charge in [-0.2, -0.15) is 0 Å². The van der Waals surface area contributed by atoms with Crippen LogP contribution in [0.2, 0.25) is 0 Å². The van der Waals surface area contributed by atoms with Crippen LogP contribution in [0.1, 0.15) is 32.6 Å². The fraction of sp³-hybridized carbons (Fsp3) is 0.750. The van der Waals surface area contributed by atoms with Gasteiger partial charge in [-0.3, -0.25) is 4.79 Å². The summed E-state index contributed by atoms with van der Waals surface area (Å²) in [6, 6.07) is 0.0346. The molecule has 0 spiro atoms. The second-order valence-electron chi connectivity index (χ2n) is 4.02. The summed E-state index contributed by atoms with van der Waals surface area (Å²) >= 11 is 0. The zero-order chi connectivity index (χ0) is 11.1. The Balaban J connectivity index is 2.51. The van der Waals surface area contributed by atoms with E-state index in [1.807, 2.05) is 11.8 Å². The van der Waals surface area contributed by atoms with Crippen LogP contribution in [0.15, 0.2) is 12.7 Å². The van der Waals surface area contributed by atoms with Gasteiger partial charge >= 0.3 is 0 Å². The highest BCUT2D eigenvalue weighted by molar-refractivity contribution is 5.82. The SMILES string of the molecule is C=CCN(CC)C(=O)C1CCCCCN1. The van der Waals surface area contributed by atoms with Gasteiger partial charge in [0, 0.05) is 13.1 Å². The third-order valence-corrected chi connectivity index (χ3v) is 2.90. The van der Waals surface area contributed by atoms with Crippen LogP contribution in [0.3, 0.4) is 0 Å². The Hall–Kier alpha value is -0.830. The maximum Gasteiger partial charge on any atom is 0.239 e. The van der Waals surface area contributed by atoms with Crippen LogP contribution in [0.5, 0.6) is 0 Å². The summed E-state index contributed by atoms with van der Waals surface area (Å²) in [4.78, 5) is 13.9. The lowest BCUT2D eigenvalue weighted by Crippen LogP contribution is -2.46. The lowest BCUT2D eigenvalue weighted by Gasteiger charge is -2.24. The number of hydrogen-bond acceptors (Lipinski definition) is 2. The van der Waals surface area contributed by atoms with E-state index in [0.29, 0.717) is 6.54 Å². The first-order valence-corrected chi connectivity index (χ1v) is 5.92. The first kappa shape index (κ1) is 12.2. The van der Waals surface area contributed by atoms with E-state index >= 15 is 0 Å². The van der Waals surface area contributed by atoms with E-state index < -0.39 is 0 Å². The van der Waals surface area contributed by atoms with Crippen LogP contribution < -0.4 is 5.32 Å². The Kier molecular flexibility index (Phi) is 5.40. The molecule has 1 unspecified atom stereocenters. The molecule has 15 heavy (non-hydrogen) atoms. The van der Waals surface area contributed by atoms with E-state index in [4.69, 9.17) is 0 Å². The van der Waals surface area contributed by atoms with Gasteiger partial charge in [-0.05, 0) is 26.3 Å². The molecular formula is C12H22N2O. The normalized spacial score (nSPS) is 21.8. The van der Waals surface area contributed by atoms with E-state index in [-0.39, 0.29) is 11.9 Å². The van der Waals surface area contributed by atoms with Crippen LogP contribution in [0.4, 0.5) is 0 Å². The molecule has 1 aliphatic rings. The van der Waals surface area contributed by atoms with Crippen molar-refractivity contribution in [3.63, 3.8) is 0 Å². The lowest BCUT2D eigenvalue weighted by molar-refractivity contribution is -0.132. The molecule has 1 heterocycles. The van der Waals surface area contributed by atoms with Gasteiger partial charge in [0.05, 0.1) is 6.04 Å². The molecule has 1 fully saturated rings. The van der Waals surface area contributed by atoms with E-state index in [1.165, 1.54) is 12.8 Å². The topological polar surface area (TPSA) is 32.3 Å². The van der Waals surface area contributed by atoms with Gasteiger partial charge in [0.1, 0.15) is 0 Å². The van der Waals surface area contributed by atoms with Crippen LogP contribution >= 0.6 is 0 Å². The maximum absolute atomic E-state index is 12.1. The highest BCUT2D eigenvalue weighted by Gasteiger charge is 2.22. The van der Waals surface area contributed by atoms with Crippen molar-refractivity contribution >= 4 is 5.91 Å². The molecule has 1 aliphatic heterocycles. The Bertz CT molecular complexity index is 208. The predicted molar refractivity (Wildman–Crippen MR) is 62.7 cm³/mol. The Morgan fingerprint density at radius 2 is 2.33 bits per heavy atom. The van der Waals surface area contributed by atoms with Gasteiger partial charge in [0.2, 0.25) is 5.91 Å². The number of nitrogens with one attached hydrogen (secondary N) is 1. The third kappa shape index (κ3) is 3.67. The third-order valence-electron chi connectivity index (χ3n) is 2.90. The van der Waals surface area contributed by atoms with Crippen molar-refractivity contribution < 1.29 is 4.79 Å². The number of carbonyl (C=O) groups excluding carboxylic acids is 1. The molecule has 1 rings (SSSR count). The summed E-state index contributed by atoms with van der Waals surface area (Å²) in [5, 5.41) is 3.33. The van der Waals surface area contributed by atoms with E-state index in [0.717, 1.165) is 25.9 Å². The zero-order valence-electron chi connectivity index (χ0n) is 9.67. The summed E-state index contributed by atoms with van der Waals surface area (Å²) in [5.74, 6) is 0.235. The molecule has 0 radical (unpaired) electrons. The number of hydrogen-bond donors (Lipinski definition) is 1. The number of nitrogens with zero attached hydrogens (tertiary/aromatic N) is 1. The van der Waals surface area contributed by atoms with Crippen LogP contribution in [-0.2, 0) is 4.79 Å². The van der Waals surface area contributed by atoms with Gasteiger partial charge in [-0.1, -0.05) is 18.9 Å². The molecule has 1 atom stereocenters. The summed E-state index contributed by atoms with van der Waals surface area (Å²) in [5.41, 5.74) is 0. The van der Waals surface area contributed by atoms with Crippen LogP contribution in [0, 0.1) is 0 Å². The number of amides is 1. The minimum absolute atomic E-state index is 0.0346. The van der Waals surface area contributed by atoms with Crippen molar-refractivity contribution in [2.75, 3.05) is 19.6 Å². The number of carbonyl (C=O) groups is 1. The number of rotatable bonds is 4. The minimum Gasteiger partial charge on any atom is -0.338 e. The zero-order valence-corrected chi connectivity index (χ0v) is 9.67. The standard InChI is InChI=1S/C12H22N2O/c1-3-10-14(4-2)12(15)11-8-6-5-7-9-13-11/h3,11,13H,1,4-10H2,2H3. The van der Waals surface area contributed by atoms with Crippen molar-refractivity contribution in [2.45, 2.75) is 38.6 Å². The Labute approximate surface area is 92.5 Å². The molecule has 3 nitrogen and oxygen atoms in total. The molecule has 0 aromatic rings. The molecular weight excluding hydrogens is 188 g/mol. The molecule has 0 saturated carbocycles. The molecule has 86 valence electrons. The fourth-order valence-electron chi connectivity index (χ4n) is 1.99. The largest absolute Gasteiger partial charge is 0.338 e. The summed E-state index contributed by atoms with van der Waals surface area (Å²) in [7, 11) is 0. The van der Waals surface area contributed by atoms with Gasteiger partial charge in [0.15, 0.2) is 0 Å². The van der Waals surface area contributed by atoms with Gasteiger partial charge in [0.25, 0.3) is 0 Å². The maximum atomic E-state index is 12.1. The molecule has 0 bridgehead atoms. The van der Waals surface area contributed by atoms with Crippen molar-refractivity contribution in [2.24, 2.45) is 0 Å². The highest BCUT2D eigenvalue weighted by Crippen LogP contribution is 2.10. The summed E-state index contributed by atoms with van der Waals surface area (Å²) < 4.78 is 0. The first-order chi connectivity index (χ1) is 7.29. The minimum atomic E-state index is 0.0346. The molecule has 1 N–H and O–H groups in total. The Morgan fingerprint density at radius 1 is 1.53 bits per heavy atom. The van der Waals surface area contributed by atoms with Crippen molar-refractivity contribution in [1.29, 1.82) is 0 Å². The van der Waals surface area contributed by atoms with Gasteiger partial charge in [-0.15, -0.1) is 6.58 Å². The average Bonchev–Trinajstić information content (AvgIpc) is 2.53.